The van der Waals surface area contributed by atoms with E-state index in [2.05, 4.69) is 15.6 Å². The maximum Gasteiger partial charge on any atom is 0.223 e. The lowest BCUT2D eigenvalue weighted by atomic mass is 9.85. The van der Waals surface area contributed by atoms with Gasteiger partial charge >= 0.3 is 0 Å². The smallest absolute Gasteiger partial charge is 0.223 e. The number of hydrogen-bond acceptors (Lipinski definition) is 2. The third-order valence-corrected chi connectivity index (χ3v) is 4.35. The van der Waals surface area contributed by atoms with Crippen LogP contribution in [0.25, 0.3) is 0 Å². The maximum atomic E-state index is 11.6. The van der Waals surface area contributed by atoms with Crippen molar-refractivity contribution >= 4 is 11.9 Å². The zero-order valence-electron chi connectivity index (χ0n) is 12.4. The van der Waals surface area contributed by atoms with Crippen molar-refractivity contribution in [1.29, 1.82) is 0 Å². The zero-order valence-corrected chi connectivity index (χ0v) is 12.4. The highest BCUT2D eigenvalue weighted by molar-refractivity contribution is 5.79. The van der Waals surface area contributed by atoms with E-state index in [9.17, 15) is 4.79 Å². The Balaban J connectivity index is 1.52. The molecule has 2 fully saturated rings. The number of nitrogens with zero attached hydrogens (tertiary/aromatic N) is 1. The lowest BCUT2D eigenvalue weighted by Crippen LogP contribution is -2.41. The van der Waals surface area contributed by atoms with E-state index >= 15 is 0 Å². The Morgan fingerprint density at radius 2 is 1.85 bits per heavy atom. The summed E-state index contributed by atoms with van der Waals surface area (Å²) in [6.07, 6.45) is 10.5. The van der Waals surface area contributed by atoms with Gasteiger partial charge in [-0.15, -0.1) is 0 Å². The molecule has 2 saturated carbocycles. The van der Waals surface area contributed by atoms with Crippen molar-refractivity contribution < 1.29 is 4.79 Å². The highest BCUT2D eigenvalue weighted by Crippen LogP contribution is 2.26. The molecule has 20 heavy (non-hydrogen) atoms. The van der Waals surface area contributed by atoms with Gasteiger partial charge in [0.2, 0.25) is 5.91 Å². The first kappa shape index (κ1) is 15.1. The monoisotopic (exact) mass is 280 g/mol. The fourth-order valence-corrected chi connectivity index (χ4v) is 2.81. The number of nitrogens with two attached hydrogens (primary N) is 1. The van der Waals surface area contributed by atoms with Crippen LogP contribution in [0.4, 0.5) is 0 Å². The molecule has 4 N–H and O–H groups in total. The molecule has 0 aromatic heterocycles. The SMILES string of the molecule is NC(=NCCCNC(=O)C1CCC1)NC1CCCCC1. The first-order valence-electron chi connectivity index (χ1n) is 8.10. The molecule has 2 aliphatic carbocycles. The number of rotatable bonds is 6. The standard InChI is InChI=1S/C15H28N4O/c16-15(19-13-8-2-1-3-9-13)18-11-5-10-17-14(20)12-6-4-7-12/h12-13H,1-11H2,(H,17,20)(H3,16,18,19). The van der Waals surface area contributed by atoms with Crippen molar-refractivity contribution in [2.75, 3.05) is 13.1 Å². The molecule has 0 bridgehead atoms. The van der Waals surface area contributed by atoms with Gasteiger partial charge in [0.05, 0.1) is 0 Å². The fourth-order valence-electron chi connectivity index (χ4n) is 2.81. The first-order chi connectivity index (χ1) is 9.75. The topological polar surface area (TPSA) is 79.5 Å². The Labute approximate surface area is 121 Å². The summed E-state index contributed by atoms with van der Waals surface area (Å²) < 4.78 is 0. The predicted molar refractivity (Wildman–Crippen MR) is 81.5 cm³/mol. The summed E-state index contributed by atoms with van der Waals surface area (Å²) in [5.41, 5.74) is 5.88. The summed E-state index contributed by atoms with van der Waals surface area (Å²) in [6, 6.07) is 0.505. The molecule has 0 aromatic carbocycles. The Morgan fingerprint density at radius 1 is 1.10 bits per heavy atom. The predicted octanol–water partition coefficient (Wildman–Crippen LogP) is 1.53. The normalized spacial score (nSPS) is 21.3. The third-order valence-electron chi connectivity index (χ3n) is 4.35. The van der Waals surface area contributed by atoms with Crippen molar-refractivity contribution in [3.05, 3.63) is 0 Å². The molecular formula is C15H28N4O. The molecule has 0 saturated heterocycles. The van der Waals surface area contributed by atoms with Crippen LogP contribution in [-0.4, -0.2) is 31.0 Å². The van der Waals surface area contributed by atoms with Crippen LogP contribution in [0.5, 0.6) is 0 Å². The van der Waals surface area contributed by atoms with Crippen LogP contribution >= 0.6 is 0 Å². The third kappa shape index (κ3) is 5.02. The molecule has 0 aromatic rings. The molecule has 0 unspecified atom stereocenters. The average molecular weight is 280 g/mol. The number of carbonyl (C=O) groups is 1. The molecule has 2 rings (SSSR count). The van der Waals surface area contributed by atoms with Gasteiger partial charge in [0.1, 0.15) is 0 Å². The molecule has 0 radical (unpaired) electrons. The fraction of sp³-hybridized carbons (Fsp3) is 0.867. The van der Waals surface area contributed by atoms with Crippen molar-refractivity contribution in [2.24, 2.45) is 16.6 Å². The van der Waals surface area contributed by atoms with Gasteiger partial charge in [-0.2, -0.15) is 0 Å². The van der Waals surface area contributed by atoms with E-state index < -0.39 is 0 Å². The Bertz CT molecular complexity index is 333. The summed E-state index contributed by atoms with van der Waals surface area (Å²) in [4.78, 5) is 15.9. The van der Waals surface area contributed by atoms with Crippen LogP contribution in [0.2, 0.25) is 0 Å². The first-order valence-corrected chi connectivity index (χ1v) is 8.10. The maximum absolute atomic E-state index is 11.6. The minimum Gasteiger partial charge on any atom is -0.370 e. The van der Waals surface area contributed by atoms with Gasteiger partial charge < -0.3 is 16.4 Å². The van der Waals surface area contributed by atoms with Crippen molar-refractivity contribution in [2.45, 2.75) is 63.8 Å². The summed E-state index contributed by atoms with van der Waals surface area (Å²) in [7, 11) is 0. The average Bonchev–Trinajstić information content (AvgIpc) is 2.37. The largest absolute Gasteiger partial charge is 0.370 e. The summed E-state index contributed by atoms with van der Waals surface area (Å²) in [5, 5.41) is 6.27. The van der Waals surface area contributed by atoms with Crippen LogP contribution in [0.3, 0.4) is 0 Å². The molecule has 5 nitrogen and oxygen atoms in total. The Hall–Kier alpha value is -1.26. The highest BCUT2D eigenvalue weighted by Gasteiger charge is 2.24. The molecule has 0 spiro atoms. The highest BCUT2D eigenvalue weighted by atomic mass is 16.1. The van der Waals surface area contributed by atoms with Gasteiger partial charge in [0.25, 0.3) is 0 Å². The molecular weight excluding hydrogens is 252 g/mol. The molecule has 0 atom stereocenters. The zero-order chi connectivity index (χ0) is 14.2. The molecule has 1 amide bonds. The van der Waals surface area contributed by atoms with E-state index in [1.807, 2.05) is 0 Å². The van der Waals surface area contributed by atoms with Crippen LogP contribution < -0.4 is 16.4 Å². The van der Waals surface area contributed by atoms with E-state index in [0.717, 1.165) is 19.3 Å². The van der Waals surface area contributed by atoms with Crippen molar-refractivity contribution in [1.82, 2.24) is 10.6 Å². The minimum absolute atomic E-state index is 0.216. The van der Waals surface area contributed by atoms with E-state index in [-0.39, 0.29) is 11.8 Å². The van der Waals surface area contributed by atoms with Crippen LogP contribution in [0, 0.1) is 5.92 Å². The Kier molecular flexibility index (Phi) is 6.15. The summed E-state index contributed by atoms with van der Waals surface area (Å²) in [6.45, 7) is 1.38. The van der Waals surface area contributed by atoms with E-state index in [0.29, 0.717) is 25.1 Å². The molecule has 5 heteroatoms. The second-order valence-corrected chi connectivity index (χ2v) is 6.02. The van der Waals surface area contributed by atoms with Gasteiger partial charge in [-0.1, -0.05) is 25.7 Å². The minimum atomic E-state index is 0.216. The van der Waals surface area contributed by atoms with E-state index in [4.69, 9.17) is 5.73 Å². The van der Waals surface area contributed by atoms with Crippen molar-refractivity contribution in [3.8, 4) is 0 Å². The summed E-state index contributed by atoms with van der Waals surface area (Å²) >= 11 is 0. The van der Waals surface area contributed by atoms with E-state index in [1.165, 1.54) is 38.5 Å². The summed E-state index contributed by atoms with van der Waals surface area (Å²) in [5.74, 6) is 1.05. The number of aliphatic imine (C=N–C) groups is 1. The number of guanidine groups is 1. The molecule has 2 aliphatic rings. The number of amides is 1. The lowest BCUT2D eigenvalue weighted by Gasteiger charge is -2.24. The second-order valence-electron chi connectivity index (χ2n) is 6.02. The van der Waals surface area contributed by atoms with Crippen LogP contribution in [0.1, 0.15) is 57.8 Å². The number of carbonyl (C=O) groups excluding carboxylic acids is 1. The van der Waals surface area contributed by atoms with Crippen molar-refractivity contribution in [3.63, 3.8) is 0 Å². The van der Waals surface area contributed by atoms with Gasteiger partial charge in [-0.05, 0) is 32.1 Å². The lowest BCUT2D eigenvalue weighted by molar-refractivity contribution is -0.127. The molecule has 0 heterocycles. The van der Waals surface area contributed by atoms with Gasteiger partial charge in [0, 0.05) is 25.0 Å². The number of nitrogens with one attached hydrogen (secondary N) is 2. The quantitative estimate of drug-likeness (QED) is 0.392. The second kappa shape index (κ2) is 8.12. The van der Waals surface area contributed by atoms with E-state index in [1.54, 1.807) is 0 Å². The number of hydrogen-bond donors (Lipinski definition) is 3. The molecule has 114 valence electrons. The van der Waals surface area contributed by atoms with Crippen LogP contribution in [0.15, 0.2) is 4.99 Å². The Morgan fingerprint density at radius 3 is 2.50 bits per heavy atom. The van der Waals surface area contributed by atoms with Gasteiger partial charge in [-0.3, -0.25) is 9.79 Å². The van der Waals surface area contributed by atoms with Gasteiger partial charge in [0.15, 0.2) is 5.96 Å². The van der Waals surface area contributed by atoms with Gasteiger partial charge in [-0.25, -0.2) is 0 Å². The molecule has 0 aliphatic heterocycles. The van der Waals surface area contributed by atoms with Crippen LogP contribution in [-0.2, 0) is 4.79 Å².